The maximum absolute atomic E-state index is 14.9. The Morgan fingerprint density at radius 3 is 1.71 bits per heavy atom. The van der Waals surface area contributed by atoms with E-state index in [4.69, 9.17) is 17.3 Å². The zero-order chi connectivity index (χ0) is 64.4. The summed E-state index contributed by atoms with van der Waals surface area (Å²) in [7, 11) is 1.27. The van der Waals surface area contributed by atoms with Crippen molar-refractivity contribution in [1.82, 2.24) is 57.4 Å². The van der Waals surface area contributed by atoms with E-state index in [0.717, 1.165) is 21.2 Å². The summed E-state index contributed by atoms with van der Waals surface area (Å²) in [5, 5.41) is 45.3. The fourth-order valence-corrected chi connectivity index (χ4v) is 9.98. The van der Waals surface area contributed by atoms with Crippen LogP contribution in [0.2, 0.25) is 5.02 Å². The number of nitrogens with two attached hydrogens (primary N) is 1. The normalized spacial score (nSPS) is 13.4. The number of fused-ring (bicyclic) bond motifs is 1. The highest BCUT2D eigenvalue weighted by Crippen LogP contribution is 2.20. The molecule has 2 heterocycles. The molecule has 0 aliphatic rings. The summed E-state index contributed by atoms with van der Waals surface area (Å²) in [5.74, 6) is -6.49. The molecule has 0 radical (unpaired) electrons. The number of phenolic OH excluding ortho intramolecular Hbond substituents is 1. The molecule has 0 aliphatic heterocycles. The Kier molecular flexibility index (Phi) is 27.0. The highest BCUT2D eigenvalue weighted by Gasteiger charge is 2.37. The van der Waals surface area contributed by atoms with Crippen LogP contribution in [0.15, 0.2) is 140 Å². The largest absolute Gasteiger partial charge is 0.508 e. The van der Waals surface area contributed by atoms with Gasteiger partial charge in [-0.25, -0.2) is 0 Å². The summed E-state index contributed by atoms with van der Waals surface area (Å²) >= 11 is 6.22. The lowest BCUT2D eigenvalue weighted by Crippen LogP contribution is -2.61. The molecule has 7 atom stereocenters. The van der Waals surface area contributed by atoms with Crippen LogP contribution >= 0.6 is 11.6 Å². The van der Waals surface area contributed by atoms with Crippen LogP contribution in [-0.2, 0) is 64.0 Å². The van der Waals surface area contributed by atoms with Crippen molar-refractivity contribution in [2.45, 2.75) is 114 Å². The standard InChI is InChI=1S/C65H79ClN12O11/c1-40(2)31-52(59(83)71-30-26-67)74-60(84)51(15-7-8-29-70-58(82)48-14-10-28-69-38-48)73-64(88)57(36-43-19-24-50(81)25-20-43)78(4)65(89)56(39-79)77-63(87)55(35-45-11-9-27-68-37-45)76-62(86)54(33-42-17-22-49(66)23-18-42)75-61(85)53(72-41(3)80)34-44-16-21-46-12-5-6-13-47(46)32-44/h5-6,9-14,16-25,27-28,32,37-38,40,51-57,79,81H,7-8,15,26,29-31,33-36,39,67H2,1-4H3,(H,70,82)(H,71,83)(H,72,80)(H,73,88)(H,74,84)(H,75,85)(H,76,86)(H,77,87)/t51-,52+,53-,54-,55-,56+,57+/m1/s1. The topological polar surface area (TPSA) is 345 Å². The van der Waals surface area contributed by atoms with Gasteiger partial charge >= 0.3 is 0 Å². The molecule has 2 aromatic heterocycles. The molecule has 0 saturated heterocycles. The number of aromatic nitrogens is 2. The van der Waals surface area contributed by atoms with Crippen LogP contribution in [0.1, 0.15) is 79.1 Å². The predicted octanol–water partition coefficient (Wildman–Crippen LogP) is 2.73. The van der Waals surface area contributed by atoms with E-state index in [0.29, 0.717) is 33.7 Å². The summed E-state index contributed by atoms with van der Waals surface area (Å²) < 4.78 is 0. The minimum atomic E-state index is -1.75. The van der Waals surface area contributed by atoms with Gasteiger partial charge in [0.15, 0.2) is 0 Å². The number of benzene rings is 4. The van der Waals surface area contributed by atoms with E-state index in [-0.39, 0.29) is 82.2 Å². The summed E-state index contributed by atoms with van der Waals surface area (Å²) in [6, 6.07) is 22.6. The number of carbonyl (C=O) groups excluding carboxylic acids is 9. The van der Waals surface area contributed by atoms with Crippen molar-refractivity contribution in [3.8, 4) is 5.75 Å². The predicted molar refractivity (Wildman–Crippen MR) is 335 cm³/mol. The van der Waals surface area contributed by atoms with Crippen molar-refractivity contribution >= 4 is 75.5 Å². The number of nitrogens with one attached hydrogen (secondary N) is 8. The number of aromatic hydroxyl groups is 1. The molecule has 6 rings (SSSR count). The van der Waals surface area contributed by atoms with Gasteiger partial charge < -0.3 is 63.4 Å². The Bertz CT molecular complexity index is 3340. The number of rotatable bonds is 33. The second-order valence-electron chi connectivity index (χ2n) is 22.1. The van der Waals surface area contributed by atoms with Gasteiger partial charge in [-0.3, -0.25) is 53.1 Å². The van der Waals surface area contributed by atoms with Crippen LogP contribution < -0.4 is 48.3 Å². The molecule has 0 bridgehead atoms. The molecule has 0 aliphatic carbocycles. The molecule has 472 valence electrons. The van der Waals surface area contributed by atoms with Gasteiger partial charge in [-0.1, -0.05) is 98.2 Å². The van der Waals surface area contributed by atoms with E-state index in [1.54, 1.807) is 48.5 Å². The minimum Gasteiger partial charge on any atom is -0.508 e. The van der Waals surface area contributed by atoms with Crippen LogP contribution in [-0.4, -0.2) is 154 Å². The molecule has 0 spiro atoms. The Balaban J connectivity index is 1.26. The van der Waals surface area contributed by atoms with Gasteiger partial charge in [-0.2, -0.15) is 0 Å². The van der Waals surface area contributed by atoms with Gasteiger partial charge in [0.1, 0.15) is 48.0 Å². The smallest absolute Gasteiger partial charge is 0.252 e. The highest BCUT2D eigenvalue weighted by molar-refractivity contribution is 6.30. The first-order valence-electron chi connectivity index (χ1n) is 29.4. The van der Waals surface area contributed by atoms with Gasteiger partial charge in [0.25, 0.3) is 5.91 Å². The SMILES string of the molecule is CC(=O)N[C@H](Cc1ccc2ccccc2c1)C(=O)N[C@H](Cc1ccc(Cl)cc1)C(=O)N[C@H](Cc1cccnc1)C(=O)N[C@@H](CO)C(=O)N(C)[C@@H](Cc1ccc(O)cc1)C(=O)N[C@H](CCCCNC(=O)c1cccnc1)C(=O)N[C@@H](CC(C)C)C(=O)NCCN. The number of carbonyl (C=O) groups is 9. The van der Waals surface area contributed by atoms with Crippen molar-refractivity contribution in [1.29, 1.82) is 0 Å². The summed E-state index contributed by atoms with van der Waals surface area (Å²) in [6.45, 7) is 4.50. The lowest BCUT2D eigenvalue weighted by Gasteiger charge is -2.32. The number of amides is 9. The maximum Gasteiger partial charge on any atom is 0.252 e. The van der Waals surface area contributed by atoms with Crippen LogP contribution in [0.25, 0.3) is 10.8 Å². The van der Waals surface area contributed by atoms with Gasteiger partial charge in [-0.15, -0.1) is 0 Å². The van der Waals surface area contributed by atoms with Gasteiger partial charge in [0, 0.05) is 89.1 Å². The van der Waals surface area contributed by atoms with Gasteiger partial charge in [0.05, 0.1) is 12.2 Å². The molecule has 4 aromatic carbocycles. The molecular weight excluding hydrogens is 1160 g/mol. The summed E-state index contributed by atoms with van der Waals surface area (Å²) in [5.41, 5.74) is 8.24. The third kappa shape index (κ3) is 22.1. The second-order valence-corrected chi connectivity index (χ2v) is 22.5. The summed E-state index contributed by atoms with van der Waals surface area (Å²) in [6.07, 6.45) is 6.35. The van der Waals surface area contributed by atoms with E-state index in [2.05, 4.69) is 52.5 Å². The maximum atomic E-state index is 14.9. The van der Waals surface area contributed by atoms with E-state index in [9.17, 15) is 53.4 Å². The van der Waals surface area contributed by atoms with Crippen molar-refractivity contribution in [3.63, 3.8) is 0 Å². The first-order chi connectivity index (χ1) is 42.7. The van der Waals surface area contributed by atoms with Gasteiger partial charge in [-0.05, 0) is 107 Å². The molecule has 9 amide bonds. The summed E-state index contributed by atoms with van der Waals surface area (Å²) in [4.78, 5) is 136. The zero-order valence-corrected chi connectivity index (χ0v) is 51.0. The number of phenols is 1. The van der Waals surface area contributed by atoms with E-state index in [1.807, 2.05) is 56.3 Å². The lowest BCUT2D eigenvalue weighted by molar-refractivity contribution is -0.144. The first kappa shape index (κ1) is 68.8. The third-order valence-corrected chi connectivity index (χ3v) is 14.8. The minimum absolute atomic E-state index is 0.00749. The fourth-order valence-electron chi connectivity index (χ4n) is 9.85. The molecule has 12 N–H and O–H groups in total. The monoisotopic (exact) mass is 1240 g/mol. The van der Waals surface area contributed by atoms with Crippen molar-refractivity contribution in [2.24, 2.45) is 11.7 Å². The quantitative estimate of drug-likeness (QED) is 0.0264. The van der Waals surface area contributed by atoms with Crippen LogP contribution in [0, 0.1) is 5.92 Å². The fraction of sp³-hybridized carbons (Fsp3) is 0.369. The molecule has 24 heteroatoms. The molecule has 0 saturated carbocycles. The first-order valence-corrected chi connectivity index (χ1v) is 29.8. The Hall–Kier alpha value is -9.32. The number of aliphatic hydroxyl groups is 1. The average molecular weight is 1240 g/mol. The lowest BCUT2D eigenvalue weighted by atomic mass is 9.99. The number of unbranched alkanes of at least 4 members (excludes halogenated alkanes) is 1. The zero-order valence-electron chi connectivity index (χ0n) is 50.2. The third-order valence-electron chi connectivity index (χ3n) is 14.6. The van der Waals surface area contributed by atoms with Crippen molar-refractivity contribution in [2.75, 3.05) is 33.3 Å². The molecular formula is C65H79ClN12O11. The Morgan fingerprint density at radius 1 is 0.551 bits per heavy atom. The van der Waals surface area contributed by atoms with Crippen LogP contribution in [0.4, 0.5) is 0 Å². The number of hydrogen-bond acceptors (Lipinski definition) is 14. The molecule has 6 aromatic rings. The number of pyridine rings is 2. The second kappa shape index (κ2) is 34.9. The van der Waals surface area contributed by atoms with Crippen molar-refractivity contribution in [3.05, 3.63) is 173 Å². The highest BCUT2D eigenvalue weighted by atomic mass is 35.5. The van der Waals surface area contributed by atoms with Crippen molar-refractivity contribution < 1.29 is 53.4 Å². The number of halogens is 1. The van der Waals surface area contributed by atoms with Crippen LogP contribution in [0.5, 0.6) is 5.75 Å². The molecule has 0 fully saturated rings. The Morgan fingerprint density at radius 2 is 1.10 bits per heavy atom. The molecule has 23 nitrogen and oxygen atoms in total. The Labute approximate surface area is 522 Å². The van der Waals surface area contributed by atoms with Gasteiger partial charge in [0.2, 0.25) is 47.3 Å². The molecule has 0 unspecified atom stereocenters. The number of nitrogens with zero attached hydrogens (tertiary/aromatic N) is 3. The van der Waals surface area contributed by atoms with E-state index in [1.165, 1.54) is 63.0 Å². The number of likely N-dealkylation sites (N-methyl/N-ethyl adjacent to an activating group) is 1. The number of hydrogen-bond donors (Lipinski definition) is 11. The van der Waals surface area contributed by atoms with Crippen LogP contribution in [0.3, 0.4) is 0 Å². The average Bonchev–Trinajstić information content (AvgIpc) is 2.22. The number of aliphatic hydroxyl groups excluding tert-OH is 1. The molecule has 89 heavy (non-hydrogen) atoms. The van der Waals surface area contributed by atoms with E-state index < -0.39 is 96.2 Å². The van der Waals surface area contributed by atoms with E-state index >= 15 is 0 Å².